The molecule has 0 radical (unpaired) electrons. The van der Waals surface area contributed by atoms with Gasteiger partial charge in [-0.25, -0.2) is 4.39 Å². The summed E-state index contributed by atoms with van der Waals surface area (Å²) in [6.45, 7) is 1.92. The Labute approximate surface area is 148 Å². The maximum absolute atomic E-state index is 13.8. The molecule has 1 fully saturated rings. The molecular weight excluding hydrogens is 381 g/mol. The number of benzene rings is 1. The SMILES string of the molecule is CC[S@](=O)[C@H]1CCCC[C@H]1NC(=O)CCc1ccc(Br)cc1F. The average Bonchev–Trinajstić information content (AvgIpc) is 2.54. The number of hydrogen-bond donors (Lipinski definition) is 1. The topological polar surface area (TPSA) is 46.2 Å². The van der Waals surface area contributed by atoms with Crippen LogP contribution >= 0.6 is 15.9 Å². The van der Waals surface area contributed by atoms with Crippen molar-refractivity contribution < 1.29 is 13.4 Å². The van der Waals surface area contributed by atoms with E-state index in [1.807, 2.05) is 6.92 Å². The Morgan fingerprint density at radius 1 is 1.39 bits per heavy atom. The Bertz CT molecular complexity index is 582. The molecule has 2 rings (SSSR count). The van der Waals surface area contributed by atoms with Crippen molar-refractivity contribution in [1.82, 2.24) is 5.32 Å². The number of carbonyl (C=O) groups excluding carboxylic acids is 1. The zero-order chi connectivity index (χ0) is 16.8. The molecule has 1 aliphatic rings. The Morgan fingerprint density at radius 3 is 2.83 bits per heavy atom. The first-order chi connectivity index (χ1) is 11.0. The highest BCUT2D eigenvalue weighted by molar-refractivity contribution is 9.10. The van der Waals surface area contributed by atoms with Gasteiger partial charge in [-0.15, -0.1) is 0 Å². The van der Waals surface area contributed by atoms with Gasteiger partial charge in [0.15, 0.2) is 0 Å². The molecule has 0 bridgehead atoms. The van der Waals surface area contributed by atoms with Crippen molar-refractivity contribution in [2.45, 2.75) is 56.7 Å². The maximum atomic E-state index is 13.8. The first kappa shape index (κ1) is 18.6. The Hall–Kier alpha value is -0.750. The van der Waals surface area contributed by atoms with Gasteiger partial charge in [0.05, 0.1) is 5.25 Å². The molecule has 1 aromatic carbocycles. The minimum Gasteiger partial charge on any atom is -0.352 e. The van der Waals surface area contributed by atoms with Crippen LogP contribution in [0.15, 0.2) is 22.7 Å². The zero-order valence-corrected chi connectivity index (χ0v) is 15.7. The summed E-state index contributed by atoms with van der Waals surface area (Å²) >= 11 is 3.22. The molecule has 3 nitrogen and oxygen atoms in total. The molecule has 1 aliphatic carbocycles. The number of aryl methyl sites for hydroxylation is 1. The molecule has 0 unspecified atom stereocenters. The Kier molecular flexibility index (Phi) is 7.21. The molecule has 128 valence electrons. The van der Waals surface area contributed by atoms with Gasteiger partial charge in [0.25, 0.3) is 0 Å². The van der Waals surface area contributed by atoms with E-state index in [4.69, 9.17) is 0 Å². The predicted molar refractivity (Wildman–Crippen MR) is 95.3 cm³/mol. The molecule has 0 aliphatic heterocycles. The van der Waals surface area contributed by atoms with Crippen LogP contribution in [-0.2, 0) is 22.0 Å². The van der Waals surface area contributed by atoms with Crippen molar-refractivity contribution in [1.29, 1.82) is 0 Å². The van der Waals surface area contributed by atoms with Crippen LogP contribution in [0.3, 0.4) is 0 Å². The van der Waals surface area contributed by atoms with Gasteiger partial charge in [0, 0.05) is 33.5 Å². The molecule has 0 spiro atoms. The third-order valence-electron chi connectivity index (χ3n) is 4.31. The molecule has 3 atom stereocenters. The highest BCUT2D eigenvalue weighted by Gasteiger charge is 2.30. The lowest BCUT2D eigenvalue weighted by Crippen LogP contribution is -2.47. The van der Waals surface area contributed by atoms with Crippen LogP contribution in [0.1, 0.15) is 44.6 Å². The predicted octanol–water partition coefficient (Wildman–Crippen LogP) is 3.72. The van der Waals surface area contributed by atoms with Crippen LogP contribution in [0.25, 0.3) is 0 Å². The molecule has 0 saturated heterocycles. The summed E-state index contributed by atoms with van der Waals surface area (Å²) in [7, 11) is -0.886. The number of carbonyl (C=O) groups is 1. The van der Waals surface area contributed by atoms with E-state index in [0.29, 0.717) is 22.2 Å². The van der Waals surface area contributed by atoms with Gasteiger partial charge in [-0.05, 0) is 37.0 Å². The van der Waals surface area contributed by atoms with Crippen molar-refractivity contribution in [2.24, 2.45) is 0 Å². The molecule has 0 aromatic heterocycles. The van der Waals surface area contributed by atoms with Crippen LogP contribution in [-0.4, -0.2) is 27.2 Å². The van der Waals surface area contributed by atoms with Crippen molar-refractivity contribution in [3.05, 3.63) is 34.1 Å². The molecule has 0 heterocycles. The summed E-state index contributed by atoms with van der Waals surface area (Å²) in [6.07, 6.45) is 4.55. The Morgan fingerprint density at radius 2 is 2.13 bits per heavy atom. The lowest BCUT2D eigenvalue weighted by Gasteiger charge is -2.31. The van der Waals surface area contributed by atoms with Crippen molar-refractivity contribution in [3.8, 4) is 0 Å². The van der Waals surface area contributed by atoms with Crippen LogP contribution in [0.5, 0.6) is 0 Å². The van der Waals surface area contributed by atoms with Crippen molar-refractivity contribution in [2.75, 3.05) is 5.75 Å². The second kappa shape index (κ2) is 8.92. The first-order valence-electron chi connectivity index (χ1n) is 8.11. The fourth-order valence-corrected chi connectivity index (χ4v) is 4.80. The van der Waals surface area contributed by atoms with Gasteiger partial charge in [-0.1, -0.05) is 41.8 Å². The minimum atomic E-state index is -0.886. The highest BCUT2D eigenvalue weighted by atomic mass is 79.9. The molecule has 1 N–H and O–H groups in total. The van der Waals surface area contributed by atoms with Crippen LogP contribution in [0.2, 0.25) is 0 Å². The largest absolute Gasteiger partial charge is 0.352 e. The van der Waals surface area contributed by atoms with E-state index in [1.165, 1.54) is 6.07 Å². The average molecular weight is 404 g/mol. The molecule has 23 heavy (non-hydrogen) atoms. The number of amides is 1. The molecule has 1 aromatic rings. The summed E-state index contributed by atoms with van der Waals surface area (Å²) in [4.78, 5) is 12.2. The fraction of sp³-hybridized carbons (Fsp3) is 0.588. The summed E-state index contributed by atoms with van der Waals surface area (Å²) in [5.74, 6) is 0.244. The molecular formula is C17H23BrFNO2S. The van der Waals surface area contributed by atoms with Crippen LogP contribution in [0, 0.1) is 5.82 Å². The van der Waals surface area contributed by atoms with Crippen LogP contribution < -0.4 is 5.32 Å². The number of hydrogen-bond acceptors (Lipinski definition) is 2. The quantitative estimate of drug-likeness (QED) is 0.786. The number of halogens is 2. The van der Waals surface area contributed by atoms with E-state index < -0.39 is 10.8 Å². The normalized spacial score (nSPS) is 22.6. The van der Waals surface area contributed by atoms with E-state index in [-0.39, 0.29) is 29.4 Å². The van der Waals surface area contributed by atoms with E-state index >= 15 is 0 Å². The Balaban J connectivity index is 1.89. The second-order valence-corrected chi connectivity index (χ2v) is 8.76. The maximum Gasteiger partial charge on any atom is 0.220 e. The zero-order valence-electron chi connectivity index (χ0n) is 13.3. The van der Waals surface area contributed by atoms with Crippen LogP contribution in [0.4, 0.5) is 4.39 Å². The van der Waals surface area contributed by atoms with Gasteiger partial charge >= 0.3 is 0 Å². The second-order valence-electron chi connectivity index (χ2n) is 5.90. The minimum absolute atomic E-state index is 0.00759. The number of nitrogens with one attached hydrogen (secondary N) is 1. The number of rotatable bonds is 6. The molecule has 1 saturated carbocycles. The smallest absolute Gasteiger partial charge is 0.220 e. The monoisotopic (exact) mass is 403 g/mol. The van der Waals surface area contributed by atoms with E-state index in [0.717, 1.165) is 25.7 Å². The molecule has 6 heteroatoms. The summed E-state index contributed by atoms with van der Waals surface area (Å²) < 4.78 is 26.6. The van der Waals surface area contributed by atoms with Crippen molar-refractivity contribution in [3.63, 3.8) is 0 Å². The van der Waals surface area contributed by atoms with E-state index in [1.54, 1.807) is 12.1 Å². The summed E-state index contributed by atoms with van der Waals surface area (Å²) in [5.41, 5.74) is 0.542. The first-order valence-corrected chi connectivity index (χ1v) is 10.3. The van der Waals surface area contributed by atoms with Gasteiger partial charge < -0.3 is 5.32 Å². The third kappa shape index (κ3) is 5.38. The molecule has 1 amide bonds. The standard InChI is InChI=1S/C17H23BrFNO2S/c1-2-23(22)16-6-4-3-5-15(16)20-17(21)10-8-12-7-9-13(18)11-14(12)19/h7,9,11,15-16H,2-6,8,10H2,1H3,(H,20,21)/t15-,16+,23+/m1/s1. The van der Waals surface area contributed by atoms with Gasteiger partial charge in [-0.2, -0.15) is 0 Å². The summed E-state index contributed by atoms with van der Waals surface area (Å²) in [5, 5.41) is 3.08. The van der Waals surface area contributed by atoms with Gasteiger partial charge in [0.1, 0.15) is 5.82 Å². The van der Waals surface area contributed by atoms with E-state index in [2.05, 4.69) is 21.2 Å². The lowest BCUT2D eigenvalue weighted by molar-refractivity contribution is -0.121. The van der Waals surface area contributed by atoms with Crippen molar-refractivity contribution >= 4 is 32.6 Å². The summed E-state index contributed by atoms with van der Waals surface area (Å²) in [6, 6.07) is 4.88. The van der Waals surface area contributed by atoms with Gasteiger partial charge in [0.2, 0.25) is 5.91 Å². The lowest BCUT2D eigenvalue weighted by atomic mass is 9.94. The van der Waals surface area contributed by atoms with E-state index in [9.17, 15) is 13.4 Å². The fourth-order valence-electron chi connectivity index (χ4n) is 3.04. The third-order valence-corrected chi connectivity index (χ3v) is 6.61. The van der Waals surface area contributed by atoms with Gasteiger partial charge in [-0.3, -0.25) is 9.00 Å². The highest BCUT2D eigenvalue weighted by Crippen LogP contribution is 2.23.